The highest BCUT2D eigenvalue weighted by Gasteiger charge is 2.14. The molecule has 1 aromatic rings. The highest BCUT2D eigenvalue weighted by atomic mass is 79.9. The van der Waals surface area contributed by atoms with E-state index in [0.29, 0.717) is 11.1 Å². The Balaban J connectivity index is 2.56. The fraction of sp³-hybridized carbons (Fsp3) is 0.273. The first-order valence-corrected chi connectivity index (χ1v) is 5.87. The summed E-state index contributed by atoms with van der Waals surface area (Å²) in [5.41, 5.74) is -0.0508. The zero-order valence-corrected chi connectivity index (χ0v) is 11.2. The van der Waals surface area contributed by atoms with Gasteiger partial charge in [-0.05, 0) is 18.2 Å². The molecule has 18 heavy (non-hydrogen) atoms. The molecule has 0 aliphatic rings. The molecule has 5 nitrogen and oxygen atoms in total. The molecule has 0 aliphatic carbocycles. The number of nitrogens with one attached hydrogen (secondary N) is 2. The van der Waals surface area contributed by atoms with Gasteiger partial charge >= 0.3 is 11.8 Å². The van der Waals surface area contributed by atoms with Gasteiger partial charge in [0.15, 0.2) is 0 Å². The van der Waals surface area contributed by atoms with Crippen LogP contribution in [0, 0.1) is 5.82 Å². The van der Waals surface area contributed by atoms with Gasteiger partial charge in [0.25, 0.3) is 0 Å². The standard InChI is InChI=1S/C11H12BrFN2O3/c1-18-5-4-14-10(16)11(17)15-9-3-2-7(12)6-8(9)13/h2-3,6H,4-5H2,1H3,(H,14,16)(H,15,17). The van der Waals surface area contributed by atoms with Crippen molar-refractivity contribution in [3.05, 3.63) is 28.5 Å². The Hall–Kier alpha value is -1.47. The zero-order valence-electron chi connectivity index (χ0n) is 9.63. The third-order valence-corrected chi connectivity index (χ3v) is 2.47. The molecule has 1 aromatic carbocycles. The van der Waals surface area contributed by atoms with Crippen LogP contribution in [0.25, 0.3) is 0 Å². The van der Waals surface area contributed by atoms with E-state index >= 15 is 0 Å². The maximum absolute atomic E-state index is 13.4. The minimum absolute atomic E-state index is 0.0508. The van der Waals surface area contributed by atoms with Gasteiger partial charge in [-0.25, -0.2) is 4.39 Å². The number of halogens is 2. The lowest BCUT2D eigenvalue weighted by Gasteiger charge is -2.07. The first-order valence-electron chi connectivity index (χ1n) is 5.07. The Labute approximate surface area is 112 Å². The third kappa shape index (κ3) is 4.42. The highest BCUT2D eigenvalue weighted by Crippen LogP contribution is 2.19. The van der Waals surface area contributed by atoms with Crippen LogP contribution < -0.4 is 10.6 Å². The highest BCUT2D eigenvalue weighted by molar-refractivity contribution is 9.10. The van der Waals surface area contributed by atoms with E-state index in [0.717, 1.165) is 0 Å². The van der Waals surface area contributed by atoms with E-state index in [9.17, 15) is 14.0 Å². The molecule has 2 amide bonds. The van der Waals surface area contributed by atoms with Crippen molar-refractivity contribution in [2.24, 2.45) is 0 Å². The molecule has 0 atom stereocenters. The second-order valence-electron chi connectivity index (χ2n) is 3.33. The van der Waals surface area contributed by atoms with Gasteiger partial charge in [-0.3, -0.25) is 9.59 Å². The number of benzene rings is 1. The van der Waals surface area contributed by atoms with Crippen LogP contribution in [0.3, 0.4) is 0 Å². The maximum atomic E-state index is 13.4. The summed E-state index contributed by atoms with van der Waals surface area (Å²) in [6, 6.07) is 4.11. The SMILES string of the molecule is COCCNC(=O)C(=O)Nc1ccc(Br)cc1F. The van der Waals surface area contributed by atoms with Gasteiger partial charge in [-0.1, -0.05) is 15.9 Å². The summed E-state index contributed by atoms with van der Waals surface area (Å²) in [5, 5.41) is 4.50. The Morgan fingerprint density at radius 2 is 2.11 bits per heavy atom. The number of hydrogen-bond donors (Lipinski definition) is 2. The first-order chi connectivity index (χ1) is 8.54. The Morgan fingerprint density at radius 3 is 2.72 bits per heavy atom. The van der Waals surface area contributed by atoms with E-state index in [1.54, 1.807) is 6.07 Å². The topological polar surface area (TPSA) is 67.4 Å². The molecule has 0 aromatic heterocycles. The molecule has 0 spiro atoms. The lowest BCUT2D eigenvalue weighted by Crippen LogP contribution is -2.37. The van der Waals surface area contributed by atoms with Gasteiger partial charge in [0.2, 0.25) is 0 Å². The van der Waals surface area contributed by atoms with E-state index in [1.807, 2.05) is 0 Å². The molecule has 0 aliphatic heterocycles. The van der Waals surface area contributed by atoms with E-state index < -0.39 is 17.6 Å². The molecule has 2 N–H and O–H groups in total. The van der Waals surface area contributed by atoms with Crippen molar-refractivity contribution >= 4 is 33.4 Å². The van der Waals surface area contributed by atoms with Crippen LogP contribution in [-0.2, 0) is 14.3 Å². The molecular weight excluding hydrogens is 307 g/mol. The van der Waals surface area contributed by atoms with Crippen molar-refractivity contribution in [1.29, 1.82) is 0 Å². The lowest BCUT2D eigenvalue weighted by molar-refractivity contribution is -0.136. The molecular formula is C11H12BrFN2O3. The molecule has 0 bridgehead atoms. The number of ether oxygens (including phenoxy) is 1. The number of carbonyl (C=O) groups is 2. The Kier molecular flexibility index (Phi) is 5.73. The van der Waals surface area contributed by atoms with Crippen molar-refractivity contribution < 1.29 is 18.7 Å². The van der Waals surface area contributed by atoms with Crippen LogP contribution in [-0.4, -0.2) is 32.1 Å². The average Bonchev–Trinajstić information content (AvgIpc) is 2.32. The fourth-order valence-electron chi connectivity index (χ4n) is 1.12. The number of hydrogen-bond acceptors (Lipinski definition) is 3. The van der Waals surface area contributed by atoms with Crippen LogP contribution in [0.5, 0.6) is 0 Å². The molecule has 0 fully saturated rings. The maximum Gasteiger partial charge on any atom is 0.313 e. The smallest absolute Gasteiger partial charge is 0.313 e. The summed E-state index contributed by atoms with van der Waals surface area (Å²) >= 11 is 3.09. The molecule has 0 unspecified atom stereocenters. The van der Waals surface area contributed by atoms with E-state index in [2.05, 4.69) is 26.6 Å². The molecule has 0 saturated carbocycles. The van der Waals surface area contributed by atoms with E-state index in [4.69, 9.17) is 4.74 Å². The van der Waals surface area contributed by atoms with Gasteiger partial charge < -0.3 is 15.4 Å². The van der Waals surface area contributed by atoms with Crippen molar-refractivity contribution in [2.75, 3.05) is 25.6 Å². The van der Waals surface area contributed by atoms with Gasteiger partial charge in [-0.2, -0.15) is 0 Å². The Bertz CT molecular complexity index is 454. The summed E-state index contributed by atoms with van der Waals surface area (Å²) < 4.78 is 18.6. The Morgan fingerprint density at radius 1 is 1.39 bits per heavy atom. The molecule has 0 radical (unpaired) electrons. The van der Waals surface area contributed by atoms with E-state index in [-0.39, 0.29) is 12.2 Å². The summed E-state index contributed by atoms with van der Waals surface area (Å²) in [4.78, 5) is 22.7. The van der Waals surface area contributed by atoms with Gasteiger partial charge in [-0.15, -0.1) is 0 Å². The van der Waals surface area contributed by atoms with Gasteiger partial charge in [0.05, 0.1) is 12.3 Å². The average molecular weight is 319 g/mol. The number of amides is 2. The third-order valence-electron chi connectivity index (χ3n) is 1.98. The van der Waals surface area contributed by atoms with Crippen molar-refractivity contribution in [3.8, 4) is 0 Å². The predicted octanol–water partition coefficient (Wildman–Crippen LogP) is 1.29. The second kappa shape index (κ2) is 7.07. The lowest BCUT2D eigenvalue weighted by atomic mass is 10.3. The summed E-state index contributed by atoms with van der Waals surface area (Å²) in [6.07, 6.45) is 0. The fourth-order valence-corrected chi connectivity index (χ4v) is 1.45. The monoisotopic (exact) mass is 318 g/mol. The van der Waals surface area contributed by atoms with Crippen LogP contribution in [0.15, 0.2) is 22.7 Å². The van der Waals surface area contributed by atoms with Crippen molar-refractivity contribution in [2.45, 2.75) is 0 Å². The number of methoxy groups -OCH3 is 1. The predicted molar refractivity (Wildman–Crippen MR) is 67.6 cm³/mol. The number of rotatable bonds is 4. The van der Waals surface area contributed by atoms with E-state index in [1.165, 1.54) is 19.2 Å². The molecule has 7 heteroatoms. The first kappa shape index (κ1) is 14.6. The van der Waals surface area contributed by atoms with Crippen LogP contribution in [0.4, 0.5) is 10.1 Å². The molecule has 0 heterocycles. The summed E-state index contributed by atoms with van der Waals surface area (Å²) in [6.45, 7) is 0.511. The summed E-state index contributed by atoms with van der Waals surface area (Å²) in [5.74, 6) is -2.39. The van der Waals surface area contributed by atoms with Crippen LogP contribution in [0.1, 0.15) is 0 Å². The molecule has 98 valence electrons. The van der Waals surface area contributed by atoms with Crippen molar-refractivity contribution in [1.82, 2.24) is 5.32 Å². The largest absolute Gasteiger partial charge is 0.383 e. The van der Waals surface area contributed by atoms with Crippen molar-refractivity contribution in [3.63, 3.8) is 0 Å². The molecule has 0 saturated heterocycles. The normalized spacial score (nSPS) is 9.94. The quantitative estimate of drug-likeness (QED) is 0.649. The van der Waals surface area contributed by atoms with Crippen LogP contribution in [0.2, 0.25) is 0 Å². The number of carbonyl (C=O) groups excluding carboxylic acids is 2. The number of anilines is 1. The molecule has 1 rings (SSSR count). The minimum Gasteiger partial charge on any atom is -0.383 e. The zero-order chi connectivity index (χ0) is 13.5. The summed E-state index contributed by atoms with van der Waals surface area (Å²) in [7, 11) is 1.48. The minimum atomic E-state index is -0.924. The van der Waals surface area contributed by atoms with Crippen LogP contribution >= 0.6 is 15.9 Å². The second-order valence-corrected chi connectivity index (χ2v) is 4.24. The van der Waals surface area contributed by atoms with Gasteiger partial charge in [0, 0.05) is 18.1 Å². The van der Waals surface area contributed by atoms with Gasteiger partial charge in [0.1, 0.15) is 5.82 Å².